The molecule has 0 N–H and O–H groups in total. The van der Waals surface area contributed by atoms with Crippen LogP contribution in [-0.2, 0) is 0 Å². The largest absolute Gasteiger partial charge is 0.285 e. The molecule has 12 heavy (non-hydrogen) atoms. The van der Waals surface area contributed by atoms with Crippen LogP contribution in [0.2, 0.25) is 0 Å². The molecule has 2 aromatic rings. The summed E-state index contributed by atoms with van der Waals surface area (Å²) in [5, 5.41) is 4.26. The van der Waals surface area contributed by atoms with Crippen molar-refractivity contribution in [1.29, 1.82) is 0 Å². The number of rotatable bonds is 2. The molecule has 2 heterocycles. The van der Waals surface area contributed by atoms with Gasteiger partial charge in [0.15, 0.2) is 5.01 Å². The van der Waals surface area contributed by atoms with Crippen LogP contribution >= 0.6 is 22.7 Å². The molecule has 0 saturated heterocycles. The Morgan fingerprint density at radius 3 is 2.83 bits per heavy atom. The number of ketones is 1. The van der Waals surface area contributed by atoms with Crippen molar-refractivity contribution in [1.82, 2.24) is 4.98 Å². The van der Waals surface area contributed by atoms with Gasteiger partial charge in [-0.05, 0) is 11.4 Å². The maximum absolute atomic E-state index is 11.5. The van der Waals surface area contributed by atoms with Gasteiger partial charge in [0.05, 0.1) is 4.88 Å². The fourth-order valence-electron chi connectivity index (χ4n) is 0.849. The molecule has 0 aliphatic carbocycles. The summed E-state index contributed by atoms with van der Waals surface area (Å²) in [6.07, 6.45) is 1.64. The van der Waals surface area contributed by atoms with Gasteiger partial charge in [-0.2, -0.15) is 0 Å². The van der Waals surface area contributed by atoms with Crippen LogP contribution in [0.3, 0.4) is 0 Å². The number of aromatic nitrogens is 1. The molecule has 0 aliphatic rings. The minimum absolute atomic E-state index is 0.0278. The van der Waals surface area contributed by atoms with Gasteiger partial charge in [0.25, 0.3) is 0 Å². The Kier molecular flexibility index (Phi) is 2.01. The van der Waals surface area contributed by atoms with Crippen LogP contribution in [-0.4, -0.2) is 10.8 Å². The van der Waals surface area contributed by atoms with E-state index in [-0.39, 0.29) is 5.78 Å². The number of hydrogen-bond donors (Lipinski definition) is 0. The molecule has 2 rings (SSSR count). The third kappa shape index (κ3) is 1.31. The Bertz CT molecular complexity index is 327. The predicted octanol–water partition coefficient (Wildman–Crippen LogP) is 2.44. The van der Waals surface area contributed by atoms with E-state index in [4.69, 9.17) is 0 Å². The molecular formula is C8H5NOS2. The zero-order valence-corrected chi connectivity index (χ0v) is 7.69. The Morgan fingerprint density at radius 1 is 1.33 bits per heavy atom. The first-order valence-electron chi connectivity index (χ1n) is 3.35. The van der Waals surface area contributed by atoms with E-state index >= 15 is 0 Å². The Balaban J connectivity index is 2.34. The summed E-state index contributed by atoms with van der Waals surface area (Å²) >= 11 is 2.82. The molecule has 0 radical (unpaired) electrons. The standard InChI is InChI=1S/C8H5NOS2/c10-7(6-2-1-4-11-6)8-9-3-5-12-8/h1-5H. The highest BCUT2D eigenvalue weighted by molar-refractivity contribution is 7.15. The minimum Gasteiger partial charge on any atom is -0.285 e. The topological polar surface area (TPSA) is 30.0 Å². The second-order valence-corrected chi connectivity index (χ2v) is 3.99. The van der Waals surface area contributed by atoms with Crippen molar-refractivity contribution >= 4 is 28.5 Å². The van der Waals surface area contributed by atoms with E-state index in [1.165, 1.54) is 22.7 Å². The first-order valence-corrected chi connectivity index (χ1v) is 5.11. The van der Waals surface area contributed by atoms with Gasteiger partial charge in [-0.1, -0.05) is 6.07 Å². The summed E-state index contributed by atoms with van der Waals surface area (Å²) in [6.45, 7) is 0. The molecule has 4 heteroatoms. The van der Waals surface area contributed by atoms with Gasteiger partial charge < -0.3 is 0 Å². The number of nitrogens with zero attached hydrogens (tertiary/aromatic N) is 1. The van der Waals surface area contributed by atoms with Gasteiger partial charge in [0.1, 0.15) is 0 Å². The van der Waals surface area contributed by atoms with Crippen molar-refractivity contribution in [3.05, 3.63) is 39.0 Å². The fourth-order valence-corrected chi connectivity index (χ4v) is 2.17. The van der Waals surface area contributed by atoms with Crippen LogP contribution in [0.25, 0.3) is 0 Å². The number of carbonyl (C=O) groups excluding carboxylic acids is 1. The lowest BCUT2D eigenvalue weighted by Gasteiger charge is -1.88. The zero-order chi connectivity index (χ0) is 8.39. The molecule has 0 atom stereocenters. The molecule has 2 nitrogen and oxygen atoms in total. The van der Waals surface area contributed by atoms with Gasteiger partial charge in [-0.15, -0.1) is 22.7 Å². The van der Waals surface area contributed by atoms with Crippen LogP contribution in [0.15, 0.2) is 29.1 Å². The summed E-state index contributed by atoms with van der Waals surface area (Å²) in [5.74, 6) is 0.0278. The predicted molar refractivity (Wildman–Crippen MR) is 49.9 cm³/mol. The third-order valence-electron chi connectivity index (χ3n) is 1.37. The molecule has 0 aliphatic heterocycles. The lowest BCUT2D eigenvalue weighted by molar-refractivity contribution is 0.104. The molecular weight excluding hydrogens is 190 g/mol. The summed E-state index contributed by atoms with van der Waals surface area (Å²) in [5.41, 5.74) is 0. The Labute approximate surface area is 77.5 Å². The fraction of sp³-hybridized carbons (Fsp3) is 0. The van der Waals surface area contributed by atoms with Gasteiger partial charge in [0, 0.05) is 11.6 Å². The maximum Gasteiger partial charge on any atom is 0.231 e. The van der Waals surface area contributed by atoms with E-state index in [9.17, 15) is 4.79 Å². The van der Waals surface area contributed by atoms with Crippen LogP contribution < -0.4 is 0 Å². The smallest absolute Gasteiger partial charge is 0.231 e. The maximum atomic E-state index is 11.5. The average molecular weight is 195 g/mol. The van der Waals surface area contributed by atoms with Crippen molar-refractivity contribution in [3.63, 3.8) is 0 Å². The monoisotopic (exact) mass is 195 g/mol. The molecule has 0 amide bonds. The lowest BCUT2D eigenvalue weighted by Crippen LogP contribution is -1.96. The normalized spacial score (nSPS) is 10.0. The molecule has 0 aromatic carbocycles. The van der Waals surface area contributed by atoms with Crippen molar-refractivity contribution < 1.29 is 4.79 Å². The van der Waals surface area contributed by atoms with Crippen molar-refractivity contribution in [2.45, 2.75) is 0 Å². The number of thiazole rings is 1. The van der Waals surface area contributed by atoms with Gasteiger partial charge in [-0.3, -0.25) is 4.79 Å². The second kappa shape index (κ2) is 3.16. The highest BCUT2D eigenvalue weighted by Crippen LogP contribution is 2.16. The summed E-state index contributed by atoms with van der Waals surface area (Å²) < 4.78 is 0. The Hall–Kier alpha value is -1.00. The molecule has 2 aromatic heterocycles. The van der Waals surface area contributed by atoms with E-state index in [0.717, 1.165) is 4.88 Å². The van der Waals surface area contributed by atoms with E-state index in [1.807, 2.05) is 17.5 Å². The highest BCUT2D eigenvalue weighted by atomic mass is 32.1. The van der Waals surface area contributed by atoms with Crippen molar-refractivity contribution in [2.75, 3.05) is 0 Å². The Morgan fingerprint density at radius 2 is 2.25 bits per heavy atom. The van der Waals surface area contributed by atoms with E-state index in [0.29, 0.717) is 5.01 Å². The lowest BCUT2D eigenvalue weighted by atomic mass is 10.3. The van der Waals surface area contributed by atoms with Gasteiger partial charge >= 0.3 is 0 Å². The first-order chi connectivity index (χ1) is 5.88. The van der Waals surface area contributed by atoms with Crippen LogP contribution in [0, 0.1) is 0 Å². The molecule has 0 unspecified atom stereocenters. The first kappa shape index (κ1) is 7.64. The molecule has 0 bridgehead atoms. The zero-order valence-electron chi connectivity index (χ0n) is 6.06. The molecule has 0 fully saturated rings. The molecule has 0 saturated carbocycles. The quantitative estimate of drug-likeness (QED) is 0.689. The summed E-state index contributed by atoms with van der Waals surface area (Å²) in [6, 6.07) is 3.68. The second-order valence-electron chi connectivity index (χ2n) is 2.14. The van der Waals surface area contributed by atoms with E-state index in [2.05, 4.69) is 4.98 Å². The highest BCUT2D eigenvalue weighted by Gasteiger charge is 2.11. The molecule has 0 spiro atoms. The van der Waals surface area contributed by atoms with E-state index < -0.39 is 0 Å². The average Bonchev–Trinajstić information content (AvgIpc) is 2.77. The van der Waals surface area contributed by atoms with Crippen LogP contribution in [0.1, 0.15) is 14.7 Å². The number of carbonyl (C=O) groups is 1. The van der Waals surface area contributed by atoms with E-state index in [1.54, 1.807) is 11.6 Å². The van der Waals surface area contributed by atoms with Gasteiger partial charge in [0.2, 0.25) is 5.78 Å². The SMILES string of the molecule is O=C(c1cccs1)c1nccs1. The summed E-state index contributed by atoms with van der Waals surface area (Å²) in [7, 11) is 0. The summed E-state index contributed by atoms with van der Waals surface area (Å²) in [4.78, 5) is 16.2. The minimum atomic E-state index is 0.0278. The van der Waals surface area contributed by atoms with Crippen molar-refractivity contribution in [2.24, 2.45) is 0 Å². The van der Waals surface area contributed by atoms with Crippen molar-refractivity contribution in [3.8, 4) is 0 Å². The van der Waals surface area contributed by atoms with Crippen LogP contribution in [0.5, 0.6) is 0 Å². The number of hydrogen-bond acceptors (Lipinski definition) is 4. The molecule has 60 valence electrons. The van der Waals surface area contributed by atoms with Crippen LogP contribution in [0.4, 0.5) is 0 Å². The number of thiophene rings is 1. The third-order valence-corrected chi connectivity index (χ3v) is 3.01. The van der Waals surface area contributed by atoms with Gasteiger partial charge in [-0.25, -0.2) is 4.98 Å².